The second-order valence-electron chi connectivity index (χ2n) is 10.1. The van der Waals surface area contributed by atoms with E-state index in [1.165, 1.54) is 4.31 Å². The van der Waals surface area contributed by atoms with Crippen LogP contribution in [0.2, 0.25) is 10.0 Å². The first-order valence-electron chi connectivity index (χ1n) is 12.8. The summed E-state index contributed by atoms with van der Waals surface area (Å²) >= 11 is 13.1. The van der Waals surface area contributed by atoms with Crippen LogP contribution in [0.25, 0.3) is 11.0 Å². The number of benzene rings is 1. The van der Waals surface area contributed by atoms with Crippen molar-refractivity contribution in [3.63, 3.8) is 0 Å². The fourth-order valence-corrected chi connectivity index (χ4v) is 6.78. The number of carboxylic acids is 1. The SMILES string of the molecule is CS(=O)(=O)N1CCC=C(C[C@H](NC(=O)c2c(Cl)cc3c(c2Cl)CCN(C(=O)c2cc4cccnc4[nH]2)C3)C(=O)O)C1. The molecule has 0 fully saturated rings. The third-order valence-electron chi connectivity index (χ3n) is 7.27. The van der Waals surface area contributed by atoms with Gasteiger partial charge in [0, 0.05) is 44.2 Å². The molecule has 2 aliphatic heterocycles. The molecule has 0 bridgehead atoms. The van der Waals surface area contributed by atoms with E-state index in [1.54, 1.807) is 35.4 Å². The number of aliphatic carboxylic acids is 1. The number of amides is 2. The molecule has 11 nitrogen and oxygen atoms in total. The van der Waals surface area contributed by atoms with Gasteiger partial charge < -0.3 is 20.3 Å². The molecule has 2 aliphatic rings. The minimum Gasteiger partial charge on any atom is -0.480 e. The van der Waals surface area contributed by atoms with E-state index < -0.39 is 27.9 Å². The third kappa shape index (κ3) is 6.10. The predicted octanol–water partition coefficient (Wildman–Crippen LogP) is 3.23. The summed E-state index contributed by atoms with van der Waals surface area (Å²) in [6.45, 7) is 0.943. The average molecular weight is 621 g/mol. The number of nitrogens with one attached hydrogen (secondary N) is 2. The highest BCUT2D eigenvalue weighted by atomic mass is 35.5. The Labute approximate surface area is 246 Å². The zero-order valence-corrected chi connectivity index (χ0v) is 24.3. The zero-order chi connectivity index (χ0) is 29.5. The first kappa shape index (κ1) is 29.1. The maximum atomic E-state index is 13.3. The fraction of sp³-hybridized carbons (Fsp3) is 0.333. The number of fused-ring (bicyclic) bond motifs is 2. The topological polar surface area (TPSA) is 153 Å². The van der Waals surface area contributed by atoms with Gasteiger partial charge in [-0.15, -0.1) is 0 Å². The number of nitrogens with zero attached hydrogens (tertiary/aromatic N) is 3. The lowest BCUT2D eigenvalue weighted by atomic mass is 9.96. The van der Waals surface area contributed by atoms with Crippen molar-refractivity contribution in [3.8, 4) is 0 Å². The number of hydrogen-bond acceptors (Lipinski definition) is 6. The normalized spacial score (nSPS) is 16.7. The van der Waals surface area contributed by atoms with E-state index in [-0.39, 0.29) is 41.0 Å². The van der Waals surface area contributed by atoms with Crippen molar-refractivity contribution in [2.45, 2.75) is 31.8 Å². The van der Waals surface area contributed by atoms with E-state index in [4.69, 9.17) is 23.2 Å². The number of sulfonamides is 1. The van der Waals surface area contributed by atoms with Gasteiger partial charge in [0.25, 0.3) is 11.8 Å². The van der Waals surface area contributed by atoms with Gasteiger partial charge >= 0.3 is 5.97 Å². The molecule has 3 N–H and O–H groups in total. The van der Waals surface area contributed by atoms with E-state index >= 15 is 0 Å². The molecule has 0 aliphatic carbocycles. The van der Waals surface area contributed by atoms with Crippen LogP contribution in [0.1, 0.15) is 44.8 Å². The summed E-state index contributed by atoms with van der Waals surface area (Å²) in [6.07, 6.45) is 5.27. The highest BCUT2D eigenvalue weighted by Gasteiger charge is 2.31. The monoisotopic (exact) mass is 619 g/mol. The molecule has 3 aromatic rings. The lowest BCUT2D eigenvalue weighted by molar-refractivity contribution is -0.139. The number of carbonyl (C=O) groups excluding carboxylic acids is 2. The van der Waals surface area contributed by atoms with Crippen LogP contribution in [0.5, 0.6) is 0 Å². The summed E-state index contributed by atoms with van der Waals surface area (Å²) in [5.74, 6) is -2.24. The van der Waals surface area contributed by atoms with Crippen LogP contribution in [-0.2, 0) is 27.8 Å². The maximum Gasteiger partial charge on any atom is 0.326 e. The molecule has 0 saturated carbocycles. The van der Waals surface area contributed by atoms with E-state index in [2.05, 4.69) is 15.3 Å². The van der Waals surface area contributed by atoms with E-state index in [1.807, 2.05) is 6.07 Å². The quantitative estimate of drug-likeness (QED) is 0.343. The summed E-state index contributed by atoms with van der Waals surface area (Å²) in [5, 5.41) is 13.2. The van der Waals surface area contributed by atoms with Gasteiger partial charge in [0.2, 0.25) is 10.0 Å². The first-order valence-corrected chi connectivity index (χ1v) is 15.4. The molecular formula is C27H27Cl2N5O6S. The van der Waals surface area contributed by atoms with E-state index in [0.717, 1.165) is 11.6 Å². The van der Waals surface area contributed by atoms with E-state index in [0.29, 0.717) is 54.0 Å². The van der Waals surface area contributed by atoms with Crippen LogP contribution in [-0.4, -0.2) is 82.4 Å². The summed E-state index contributed by atoms with van der Waals surface area (Å²) in [6, 6.07) is 5.65. The first-order chi connectivity index (χ1) is 19.4. The molecule has 1 aromatic carbocycles. The van der Waals surface area contributed by atoms with Gasteiger partial charge in [-0.1, -0.05) is 34.9 Å². The fourth-order valence-electron chi connectivity index (χ4n) is 5.18. The molecule has 216 valence electrons. The third-order valence-corrected chi connectivity index (χ3v) is 9.24. The summed E-state index contributed by atoms with van der Waals surface area (Å²) < 4.78 is 25.1. The van der Waals surface area contributed by atoms with Gasteiger partial charge in [-0.25, -0.2) is 18.2 Å². The van der Waals surface area contributed by atoms with Crippen LogP contribution >= 0.6 is 23.2 Å². The molecule has 2 aromatic heterocycles. The molecule has 41 heavy (non-hydrogen) atoms. The van der Waals surface area contributed by atoms with Gasteiger partial charge in [0.1, 0.15) is 17.4 Å². The van der Waals surface area contributed by atoms with E-state index in [9.17, 15) is 27.9 Å². The largest absolute Gasteiger partial charge is 0.480 e. The van der Waals surface area contributed by atoms with Crippen molar-refractivity contribution < 1.29 is 27.9 Å². The van der Waals surface area contributed by atoms with Crippen LogP contribution in [0, 0.1) is 0 Å². The van der Waals surface area contributed by atoms with Crippen LogP contribution in [0.3, 0.4) is 0 Å². The minimum absolute atomic E-state index is 0.0274. The van der Waals surface area contributed by atoms with Gasteiger partial charge in [-0.05, 0) is 48.2 Å². The molecule has 0 spiro atoms. The number of pyridine rings is 1. The number of aromatic amines is 1. The average Bonchev–Trinajstić information content (AvgIpc) is 3.36. The standard InChI is InChI=1S/C27H27Cl2N5O6S/c1-41(39,40)34-8-3-4-15(13-34)10-21(27(37)38)32-25(35)22-19(28)11-17-14-33(9-6-18(17)23(22)29)26(36)20-12-16-5-2-7-30-24(16)31-20/h2,4-5,7,11-12,21H,3,6,8-10,13-14H2,1H3,(H,30,31)(H,32,35)(H,37,38)/t21-/m0/s1. The van der Waals surface area contributed by atoms with Crippen molar-refractivity contribution in [1.82, 2.24) is 24.5 Å². The Balaban J connectivity index is 1.32. The lowest BCUT2D eigenvalue weighted by Gasteiger charge is -2.30. The summed E-state index contributed by atoms with van der Waals surface area (Å²) in [7, 11) is -3.44. The number of carboxylic acid groups (broad SMARTS) is 1. The van der Waals surface area contributed by atoms with Gasteiger partial charge in [-0.2, -0.15) is 4.31 Å². The predicted molar refractivity (Wildman–Crippen MR) is 154 cm³/mol. The van der Waals surface area contributed by atoms with Crippen LogP contribution in [0.15, 0.2) is 42.1 Å². The summed E-state index contributed by atoms with van der Waals surface area (Å²) in [5.41, 5.74) is 2.91. The number of carbonyl (C=O) groups is 3. The Kier molecular flexibility index (Phi) is 8.11. The Hall–Kier alpha value is -3.45. The Morgan fingerprint density at radius 2 is 1.98 bits per heavy atom. The molecular weight excluding hydrogens is 593 g/mol. The van der Waals surface area contributed by atoms with Crippen molar-refractivity contribution in [2.75, 3.05) is 25.9 Å². The molecule has 14 heteroatoms. The Bertz CT molecular complexity index is 1670. The van der Waals surface area contributed by atoms with Gasteiger partial charge in [0.15, 0.2) is 0 Å². The molecule has 4 heterocycles. The maximum absolute atomic E-state index is 13.3. The smallest absolute Gasteiger partial charge is 0.326 e. The van der Waals surface area contributed by atoms with Crippen molar-refractivity contribution in [2.24, 2.45) is 0 Å². The molecule has 0 saturated heterocycles. The lowest BCUT2D eigenvalue weighted by Crippen LogP contribution is -2.43. The Morgan fingerprint density at radius 3 is 2.68 bits per heavy atom. The Morgan fingerprint density at radius 1 is 1.20 bits per heavy atom. The van der Waals surface area contributed by atoms with Crippen LogP contribution < -0.4 is 5.32 Å². The van der Waals surface area contributed by atoms with Gasteiger partial charge in [0.05, 0.1) is 21.9 Å². The second-order valence-corrected chi connectivity index (χ2v) is 12.9. The number of halogens is 2. The number of aromatic nitrogens is 2. The zero-order valence-electron chi connectivity index (χ0n) is 22.0. The summed E-state index contributed by atoms with van der Waals surface area (Å²) in [4.78, 5) is 47.4. The molecule has 0 unspecified atom stereocenters. The van der Waals surface area contributed by atoms with Crippen LogP contribution in [0.4, 0.5) is 0 Å². The van der Waals surface area contributed by atoms with Crippen molar-refractivity contribution in [1.29, 1.82) is 0 Å². The van der Waals surface area contributed by atoms with Gasteiger partial charge in [-0.3, -0.25) is 9.59 Å². The molecule has 0 radical (unpaired) electrons. The number of H-pyrrole nitrogens is 1. The molecule has 1 atom stereocenters. The molecule has 2 amide bonds. The van der Waals surface area contributed by atoms with Crippen molar-refractivity contribution >= 4 is 62.0 Å². The highest BCUT2D eigenvalue weighted by molar-refractivity contribution is 7.88. The second kappa shape index (κ2) is 11.4. The van der Waals surface area contributed by atoms with Crippen molar-refractivity contribution in [3.05, 3.63) is 74.5 Å². The number of hydrogen-bond donors (Lipinski definition) is 3. The molecule has 5 rings (SSSR count). The highest BCUT2D eigenvalue weighted by Crippen LogP contribution is 2.35. The minimum atomic E-state index is -3.44. The number of rotatable bonds is 7.